The van der Waals surface area contributed by atoms with Gasteiger partial charge in [0.2, 0.25) is 11.9 Å². The van der Waals surface area contributed by atoms with Crippen molar-refractivity contribution in [3.63, 3.8) is 0 Å². The third-order valence-corrected chi connectivity index (χ3v) is 7.30. The number of nitrogens with one attached hydrogen (secondary N) is 3. The van der Waals surface area contributed by atoms with Gasteiger partial charge in [-0.2, -0.15) is 20.5 Å². The normalized spacial score (nSPS) is 13.9. The van der Waals surface area contributed by atoms with Crippen molar-refractivity contribution in [2.45, 2.75) is 51.1 Å². The van der Waals surface area contributed by atoms with Crippen LogP contribution in [0.2, 0.25) is 0 Å². The topological polar surface area (TPSA) is 131 Å². The SMILES string of the molecule is N#Cc1ccc(NC(=O)[C@@H](CC2CCCCC2)Nc2cc(-n3cccc3)nc(NCc3cccc(C#N)c3)n2)cc1. The molecule has 3 N–H and O–H groups in total. The van der Waals surface area contributed by atoms with Gasteiger partial charge in [-0.05, 0) is 66.4 Å². The molecule has 0 unspecified atom stereocenters. The number of amides is 1. The highest BCUT2D eigenvalue weighted by atomic mass is 16.2. The van der Waals surface area contributed by atoms with Gasteiger partial charge >= 0.3 is 0 Å². The molecule has 0 radical (unpaired) electrons. The van der Waals surface area contributed by atoms with Gasteiger partial charge in [0.15, 0.2) is 0 Å². The second-order valence-corrected chi connectivity index (χ2v) is 10.3. The lowest BCUT2D eigenvalue weighted by Crippen LogP contribution is -2.37. The Hall–Kier alpha value is -5.15. The maximum Gasteiger partial charge on any atom is 0.246 e. The number of aromatic nitrogens is 3. The summed E-state index contributed by atoms with van der Waals surface area (Å²) in [4.78, 5) is 23.0. The van der Waals surface area contributed by atoms with Crippen molar-refractivity contribution in [3.05, 3.63) is 95.8 Å². The van der Waals surface area contributed by atoms with Crippen LogP contribution in [0.5, 0.6) is 0 Å². The van der Waals surface area contributed by atoms with E-state index in [1.807, 2.05) is 53.4 Å². The van der Waals surface area contributed by atoms with Crippen LogP contribution in [0.1, 0.15) is 55.2 Å². The second-order valence-electron chi connectivity index (χ2n) is 10.3. The predicted molar refractivity (Wildman–Crippen MR) is 158 cm³/mol. The Kier molecular flexibility index (Phi) is 8.88. The molecule has 1 aliphatic rings. The minimum absolute atomic E-state index is 0.149. The molecule has 2 aromatic carbocycles. The van der Waals surface area contributed by atoms with Gasteiger partial charge in [-0.3, -0.25) is 4.79 Å². The molecule has 0 saturated heterocycles. The fraction of sp³-hybridized carbons (Fsp3) is 0.281. The van der Waals surface area contributed by atoms with Crippen molar-refractivity contribution >= 4 is 23.4 Å². The van der Waals surface area contributed by atoms with Gasteiger partial charge in [0.25, 0.3) is 0 Å². The molecule has 2 aromatic heterocycles. The van der Waals surface area contributed by atoms with Gasteiger partial charge in [0.1, 0.15) is 17.7 Å². The van der Waals surface area contributed by atoms with Crippen molar-refractivity contribution in [2.24, 2.45) is 5.92 Å². The van der Waals surface area contributed by atoms with Crippen molar-refractivity contribution < 1.29 is 4.79 Å². The lowest BCUT2D eigenvalue weighted by atomic mass is 9.84. The first kappa shape index (κ1) is 27.4. The summed E-state index contributed by atoms with van der Waals surface area (Å²) in [6.45, 7) is 0.439. The van der Waals surface area contributed by atoms with E-state index in [1.165, 1.54) is 19.3 Å². The minimum Gasteiger partial charge on any atom is -0.358 e. The van der Waals surface area contributed by atoms with E-state index < -0.39 is 6.04 Å². The number of benzene rings is 2. The Morgan fingerprint density at radius 1 is 0.927 bits per heavy atom. The van der Waals surface area contributed by atoms with Gasteiger partial charge in [0.05, 0.1) is 23.3 Å². The van der Waals surface area contributed by atoms with Crippen LogP contribution in [0.25, 0.3) is 5.82 Å². The Balaban J connectivity index is 1.39. The number of nitriles is 2. The maximum atomic E-state index is 13.6. The second kappa shape index (κ2) is 13.3. The summed E-state index contributed by atoms with van der Waals surface area (Å²) in [6.07, 6.45) is 10.3. The lowest BCUT2D eigenvalue weighted by Gasteiger charge is -2.27. The summed E-state index contributed by atoms with van der Waals surface area (Å²) >= 11 is 0. The van der Waals surface area contributed by atoms with Gasteiger partial charge in [0, 0.05) is 30.7 Å². The van der Waals surface area contributed by atoms with Gasteiger partial charge in [-0.1, -0.05) is 44.2 Å². The average Bonchev–Trinajstić information content (AvgIpc) is 3.56. The Labute approximate surface area is 239 Å². The molecule has 2 heterocycles. The van der Waals surface area contributed by atoms with Crippen LogP contribution in [-0.2, 0) is 11.3 Å². The quantitative estimate of drug-likeness (QED) is 0.223. The van der Waals surface area contributed by atoms with Crippen molar-refractivity contribution in [1.29, 1.82) is 10.5 Å². The lowest BCUT2D eigenvalue weighted by molar-refractivity contribution is -0.117. The summed E-state index contributed by atoms with van der Waals surface area (Å²) in [5.41, 5.74) is 2.71. The van der Waals surface area contributed by atoms with E-state index in [4.69, 9.17) is 15.2 Å². The van der Waals surface area contributed by atoms with E-state index in [2.05, 4.69) is 28.1 Å². The zero-order valence-electron chi connectivity index (χ0n) is 22.8. The minimum atomic E-state index is -0.513. The molecule has 5 rings (SSSR count). The molecule has 9 nitrogen and oxygen atoms in total. The van der Waals surface area contributed by atoms with Crippen LogP contribution in [0.4, 0.5) is 17.5 Å². The van der Waals surface area contributed by atoms with Crippen molar-refractivity contribution in [1.82, 2.24) is 14.5 Å². The number of carbonyl (C=O) groups is 1. The fourth-order valence-electron chi connectivity index (χ4n) is 5.16. The number of rotatable bonds is 10. The van der Waals surface area contributed by atoms with Crippen LogP contribution in [0, 0.1) is 28.6 Å². The molecule has 1 aliphatic carbocycles. The predicted octanol–water partition coefficient (Wildman–Crippen LogP) is 6.01. The highest BCUT2D eigenvalue weighted by Crippen LogP contribution is 2.29. The molecule has 9 heteroatoms. The summed E-state index contributed by atoms with van der Waals surface area (Å²) < 4.78 is 1.89. The van der Waals surface area contributed by atoms with Gasteiger partial charge < -0.3 is 20.5 Å². The summed E-state index contributed by atoms with van der Waals surface area (Å²) in [5.74, 6) is 1.90. The molecule has 1 amide bonds. The highest BCUT2D eigenvalue weighted by molar-refractivity contribution is 5.96. The molecule has 0 bridgehead atoms. The summed E-state index contributed by atoms with van der Waals surface area (Å²) in [6, 6.07) is 23.7. The third-order valence-electron chi connectivity index (χ3n) is 7.30. The fourth-order valence-corrected chi connectivity index (χ4v) is 5.16. The number of anilines is 3. The first-order valence-electron chi connectivity index (χ1n) is 13.9. The van der Waals surface area contributed by atoms with E-state index in [0.29, 0.717) is 53.3 Å². The molecule has 0 spiro atoms. The zero-order chi connectivity index (χ0) is 28.4. The first-order chi connectivity index (χ1) is 20.1. The monoisotopic (exact) mass is 544 g/mol. The summed E-state index contributed by atoms with van der Waals surface area (Å²) in [7, 11) is 0. The standard InChI is InChI=1S/C32H32N8O/c33-20-24-11-13-27(14-12-24)36-31(41)28(18-23-7-2-1-3-8-23)37-29-19-30(40-15-4-5-16-40)39-32(38-29)35-22-26-10-6-9-25(17-26)21-34/h4-6,9-17,19,23,28H,1-3,7-8,18,22H2,(H,36,41)(H2,35,37,38,39)/t28-/m1/s1. The molecule has 1 fully saturated rings. The molecule has 1 atom stereocenters. The van der Waals surface area contributed by atoms with E-state index >= 15 is 0 Å². The van der Waals surface area contributed by atoms with Crippen molar-refractivity contribution in [3.8, 4) is 18.0 Å². The Bertz CT molecular complexity index is 1540. The van der Waals surface area contributed by atoms with E-state index in [-0.39, 0.29) is 5.91 Å². The van der Waals surface area contributed by atoms with Crippen LogP contribution < -0.4 is 16.0 Å². The average molecular weight is 545 g/mol. The largest absolute Gasteiger partial charge is 0.358 e. The Morgan fingerprint density at radius 2 is 1.68 bits per heavy atom. The molecular weight excluding hydrogens is 512 g/mol. The van der Waals surface area contributed by atoms with Crippen LogP contribution in [0.15, 0.2) is 79.1 Å². The Morgan fingerprint density at radius 3 is 2.41 bits per heavy atom. The smallest absolute Gasteiger partial charge is 0.246 e. The van der Waals surface area contributed by atoms with Crippen LogP contribution in [-0.4, -0.2) is 26.5 Å². The number of carbonyl (C=O) groups excluding carboxylic acids is 1. The first-order valence-corrected chi connectivity index (χ1v) is 13.9. The number of hydrogen-bond acceptors (Lipinski definition) is 7. The van der Waals surface area contributed by atoms with E-state index in [9.17, 15) is 10.1 Å². The molecule has 1 saturated carbocycles. The van der Waals surface area contributed by atoms with E-state index in [0.717, 1.165) is 18.4 Å². The van der Waals surface area contributed by atoms with E-state index in [1.54, 1.807) is 30.3 Å². The molecule has 41 heavy (non-hydrogen) atoms. The van der Waals surface area contributed by atoms with Gasteiger partial charge in [-0.25, -0.2) is 0 Å². The van der Waals surface area contributed by atoms with Gasteiger partial charge in [-0.15, -0.1) is 0 Å². The van der Waals surface area contributed by atoms with Crippen molar-refractivity contribution in [2.75, 3.05) is 16.0 Å². The molecule has 4 aromatic rings. The van der Waals surface area contributed by atoms with Crippen LogP contribution >= 0.6 is 0 Å². The third kappa shape index (κ3) is 7.49. The zero-order valence-corrected chi connectivity index (χ0v) is 22.8. The molecular formula is C32H32N8O. The highest BCUT2D eigenvalue weighted by Gasteiger charge is 2.25. The molecule has 206 valence electrons. The molecule has 0 aliphatic heterocycles. The van der Waals surface area contributed by atoms with Crippen LogP contribution in [0.3, 0.4) is 0 Å². The summed E-state index contributed by atoms with van der Waals surface area (Å²) in [5, 5.41) is 28.1. The number of nitrogens with zero attached hydrogens (tertiary/aromatic N) is 5. The number of hydrogen-bond donors (Lipinski definition) is 3. The maximum absolute atomic E-state index is 13.6.